The largest absolute Gasteiger partial charge is 0.382 e. The third-order valence-electron chi connectivity index (χ3n) is 4.15. The fourth-order valence-electron chi connectivity index (χ4n) is 3.15. The molecule has 3 rings (SSSR count). The molecule has 1 aromatic rings. The van der Waals surface area contributed by atoms with Crippen LogP contribution in [0.25, 0.3) is 0 Å². The third kappa shape index (κ3) is 2.37. The molecule has 0 aliphatic carbocycles. The summed E-state index contributed by atoms with van der Waals surface area (Å²) >= 11 is 12.2. The molecule has 19 heavy (non-hydrogen) atoms. The van der Waals surface area contributed by atoms with Crippen molar-refractivity contribution < 1.29 is 0 Å². The van der Waals surface area contributed by atoms with Crippen LogP contribution in [0.2, 0.25) is 10.0 Å². The maximum absolute atomic E-state index is 6.29. The molecule has 2 atom stereocenters. The van der Waals surface area contributed by atoms with Crippen molar-refractivity contribution in [2.45, 2.75) is 31.8 Å². The predicted molar refractivity (Wildman–Crippen MR) is 80.1 cm³/mol. The van der Waals surface area contributed by atoms with Crippen molar-refractivity contribution in [2.75, 3.05) is 30.3 Å². The Morgan fingerprint density at radius 2 is 2.11 bits per heavy atom. The smallest absolute Gasteiger partial charge is 0.150 e. The number of nitrogens with two attached hydrogens (primary N) is 1. The summed E-state index contributed by atoms with van der Waals surface area (Å²) in [5, 5.41) is 0.999. The molecule has 0 radical (unpaired) electrons. The van der Waals surface area contributed by atoms with Gasteiger partial charge in [-0.15, -0.1) is 0 Å². The number of halogens is 2. The minimum Gasteiger partial charge on any atom is -0.382 e. The summed E-state index contributed by atoms with van der Waals surface area (Å²) in [7, 11) is 0. The molecule has 2 unspecified atom stereocenters. The number of pyridine rings is 1. The van der Waals surface area contributed by atoms with Gasteiger partial charge in [0.25, 0.3) is 0 Å². The molecule has 4 nitrogen and oxygen atoms in total. The van der Waals surface area contributed by atoms with Crippen molar-refractivity contribution in [3.8, 4) is 0 Å². The number of nitrogen functional groups attached to an aromatic ring is 1. The molecule has 2 N–H and O–H groups in total. The van der Waals surface area contributed by atoms with E-state index >= 15 is 0 Å². The fourth-order valence-corrected chi connectivity index (χ4v) is 3.62. The van der Waals surface area contributed by atoms with Gasteiger partial charge in [-0.1, -0.05) is 23.2 Å². The lowest BCUT2D eigenvalue weighted by molar-refractivity contribution is 0.202. The van der Waals surface area contributed by atoms with Gasteiger partial charge in [-0.2, -0.15) is 0 Å². The van der Waals surface area contributed by atoms with Crippen LogP contribution in [0.1, 0.15) is 19.8 Å². The molecule has 104 valence electrons. The summed E-state index contributed by atoms with van der Waals surface area (Å²) in [4.78, 5) is 9.21. The Morgan fingerprint density at radius 1 is 1.32 bits per heavy atom. The quantitative estimate of drug-likeness (QED) is 0.866. The predicted octanol–water partition coefficient (Wildman–Crippen LogP) is 2.64. The maximum Gasteiger partial charge on any atom is 0.150 e. The van der Waals surface area contributed by atoms with Crippen molar-refractivity contribution in [1.82, 2.24) is 9.88 Å². The number of rotatable bonds is 1. The number of hydrogen-bond donors (Lipinski definition) is 1. The van der Waals surface area contributed by atoms with Crippen LogP contribution in [0.3, 0.4) is 0 Å². The summed E-state index contributed by atoms with van der Waals surface area (Å²) < 4.78 is 0. The second-order valence-electron chi connectivity index (χ2n) is 5.45. The molecule has 0 saturated carbocycles. The van der Waals surface area contributed by atoms with Crippen molar-refractivity contribution >= 4 is 34.8 Å². The molecule has 2 saturated heterocycles. The monoisotopic (exact) mass is 300 g/mol. The average molecular weight is 301 g/mol. The van der Waals surface area contributed by atoms with E-state index in [0.717, 1.165) is 18.9 Å². The third-order valence-corrected chi connectivity index (χ3v) is 4.73. The van der Waals surface area contributed by atoms with Gasteiger partial charge in [0.15, 0.2) is 0 Å². The van der Waals surface area contributed by atoms with Gasteiger partial charge in [0.1, 0.15) is 11.6 Å². The van der Waals surface area contributed by atoms with E-state index in [0.29, 0.717) is 27.9 Å². The molecular weight excluding hydrogens is 283 g/mol. The van der Waals surface area contributed by atoms with Gasteiger partial charge in [0.05, 0.1) is 10.0 Å². The number of hydrogen-bond acceptors (Lipinski definition) is 4. The summed E-state index contributed by atoms with van der Waals surface area (Å²) in [5.41, 5.74) is 5.81. The topological polar surface area (TPSA) is 45.4 Å². The van der Waals surface area contributed by atoms with E-state index in [1.807, 2.05) is 0 Å². The molecule has 0 amide bonds. The van der Waals surface area contributed by atoms with Crippen LogP contribution in [0.4, 0.5) is 11.6 Å². The maximum atomic E-state index is 6.29. The van der Waals surface area contributed by atoms with Crippen molar-refractivity contribution in [1.29, 1.82) is 0 Å². The molecule has 2 aliphatic heterocycles. The Kier molecular flexibility index (Phi) is 3.50. The Balaban J connectivity index is 1.91. The number of fused-ring (bicyclic) bond motifs is 1. The molecule has 1 aromatic heterocycles. The standard InChI is InChI=1S/C13H18Cl2N4/c1-8-6-18-4-2-3-9(18)7-19(8)13-11(15)5-10(14)12(16)17-13/h5,8-9H,2-4,6-7H2,1H3,(H2,16,17). The lowest BCUT2D eigenvalue weighted by Gasteiger charge is -2.43. The highest BCUT2D eigenvalue weighted by Gasteiger charge is 2.35. The van der Waals surface area contributed by atoms with Gasteiger partial charge in [0.2, 0.25) is 0 Å². The van der Waals surface area contributed by atoms with Crippen molar-refractivity contribution in [2.24, 2.45) is 0 Å². The van der Waals surface area contributed by atoms with Crippen molar-refractivity contribution in [3.05, 3.63) is 16.1 Å². The van der Waals surface area contributed by atoms with E-state index in [1.54, 1.807) is 6.07 Å². The normalized spacial score (nSPS) is 27.6. The molecule has 6 heteroatoms. The van der Waals surface area contributed by atoms with E-state index in [-0.39, 0.29) is 0 Å². The van der Waals surface area contributed by atoms with Crippen LogP contribution >= 0.6 is 23.2 Å². The van der Waals surface area contributed by atoms with Crippen LogP contribution in [0.15, 0.2) is 6.07 Å². The Morgan fingerprint density at radius 3 is 2.89 bits per heavy atom. The van der Waals surface area contributed by atoms with Crippen LogP contribution in [-0.4, -0.2) is 41.6 Å². The van der Waals surface area contributed by atoms with Gasteiger partial charge < -0.3 is 10.6 Å². The van der Waals surface area contributed by atoms with Crippen LogP contribution in [-0.2, 0) is 0 Å². The number of aromatic nitrogens is 1. The summed E-state index contributed by atoms with van der Waals surface area (Å²) in [6.07, 6.45) is 2.54. The fraction of sp³-hybridized carbons (Fsp3) is 0.615. The highest BCUT2D eigenvalue weighted by molar-refractivity contribution is 6.37. The summed E-state index contributed by atoms with van der Waals surface area (Å²) in [6, 6.07) is 2.69. The first-order chi connectivity index (χ1) is 9.06. The molecule has 2 fully saturated rings. The highest BCUT2D eigenvalue weighted by atomic mass is 35.5. The lowest BCUT2D eigenvalue weighted by Crippen LogP contribution is -2.55. The zero-order valence-electron chi connectivity index (χ0n) is 10.9. The second kappa shape index (κ2) is 5.00. The van der Waals surface area contributed by atoms with Gasteiger partial charge in [0, 0.05) is 25.2 Å². The summed E-state index contributed by atoms with van der Waals surface area (Å²) in [5.74, 6) is 1.12. The van der Waals surface area contributed by atoms with E-state index in [1.165, 1.54) is 19.4 Å². The first-order valence-electron chi connectivity index (χ1n) is 6.68. The van der Waals surface area contributed by atoms with Gasteiger partial charge in [-0.25, -0.2) is 4.98 Å². The minimum absolute atomic E-state index is 0.349. The Bertz CT molecular complexity index is 494. The Hall–Kier alpha value is -0.710. The van der Waals surface area contributed by atoms with Crippen LogP contribution in [0, 0.1) is 0 Å². The first kappa shape index (κ1) is 13.3. The Labute approximate surface area is 123 Å². The van der Waals surface area contributed by atoms with Gasteiger partial charge >= 0.3 is 0 Å². The van der Waals surface area contributed by atoms with E-state index in [9.17, 15) is 0 Å². The molecule has 2 aliphatic rings. The van der Waals surface area contributed by atoms with E-state index < -0.39 is 0 Å². The summed E-state index contributed by atoms with van der Waals surface area (Å²) in [6.45, 7) is 5.45. The molecule has 3 heterocycles. The SMILES string of the molecule is CC1CN2CCCC2CN1c1nc(N)c(Cl)cc1Cl. The zero-order chi connectivity index (χ0) is 13.6. The average Bonchev–Trinajstić information content (AvgIpc) is 2.80. The zero-order valence-corrected chi connectivity index (χ0v) is 12.5. The van der Waals surface area contributed by atoms with Crippen molar-refractivity contribution in [3.63, 3.8) is 0 Å². The minimum atomic E-state index is 0.349. The molecule has 0 spiro atoms. The first-order valence-corrected chi connectivity index (χ1v) is 7.44. The van der Waals surface area contributed by atoms with Crippen LogP contribution in [0.5, 0.6) is 0 Å². The molecular formula is C13H18Cl2N4. The second-order valence-corrected chi connectivity index (χ2v) is 6.27. The molecule has 0 bridgehead atoms. The van der Waals surface area contributed by atoms with E-state index in [2.05, 4.69) is 21.7 Å². The molecule has 0 aromatic carbocycles. The van der Waals surface area contributed by atoms with Gasteiger partial charge in [-0.05, 0) is 32.4 Å². The van der Waals surface area contributed by atoms with Gasteiger partial charge in [-0.3, -0.25) is 4.90 Å². The number of anilines is 2. The number of nitrogens with zero attached hydrogens (tertiary/aromatic N) is 3. The van der Waals surface area contributed by atoms with Crippen LogP contribution < -0.4 is 10.6 Å². The van der Waals surface area contributed by atoms with E-state index in [4.69, 9.17) is 28.9 Å². The highest BCUT2D eigenvalue weighted by Crippen LogP contribution is 2.34. The lowest BCUT2D eigenvalue weighted by atomic mass is 10.1. The number of piperazine rings is 1.